The van der Waals surface area contributed by atoms with Crippen LogP contribution in [0.25, 0.3) is 0 Å². The topological polar surface area (TPSA) is 81.3 Å². The molecule has 0 aliphatic rings. The smallest absolute Gasteiger partial charge is 0.308 e. The molecule has 1 aromatic rings. The van der Waals surface area contributed by atoms with E-state index in [9.17, 15) is 9.59 Å². The van der Waals surface area contributed by atoms with Gasteiger partial charge in [-0.2, -0.15) is 0 Å². The first-order valence-electron chi connectivity index (χ1n) is 19.4. The van der Waals surface area contributed by atoms with Crippen molar-refractivity contribution in [2.45, 2.75) is 220 Å². The number of H-pyrrole nitrogens is 1. The fourth-order valence-corrected chi connectivity index (χ4v) is 6.00. The van der Waals surface area contributed by atoms with E-state index in [1.165, 1.54) is 141 Å². The van der Waals surface area contributed by atoms with E-state index in [2.05, 4.69) is 23.8 Å². The molecule has 0 aliphatic carbocycles. The van der Waals surface area contributed by atoms with Crippen LogP contribution in [0.3, 0.4) is 0 Å². The second-order valence-electron chi connectivity index (χ2n) is 13.4. The number of unbranched alkanes of at least 4 members (excludes halogenated alkanes) is 24. The Kier molecular flexibility index (Phi) is 28.2. The zero-order chi connectivity index (χ0) is 32.6. The molecular formula is C39H72N2O4. The van der Waals surface area contributed by atoms with E-state index in [-0.39, 0.29) is 11.9 Å². The molecule has 0 radical (unpaired) electrons. The number of hydrogen-bond acceptors (Lipinski definition) is 5. The highest BCUT2D eigenvalue weighted by molar-refractivity contribution is 5.71. The molecule has 6 heteroatoms. The summed E-state index contributed by atoms with van der Waals surface area (Å²) in [4.78, 5) is 32.7. The van der Waals surface area contributed by atoms with Gasteiger partial charge < -0.3 is 14.5 Å². The van der Waals surface area contributed by atoms with Gasteiger partial charge in [0.2, 0.25) is 6.29 Å². The average molecular weight is 633 g/mol. The normalized spacial score (nSPS) is 11.4. The van der Waals surface area contributed by atoms with Gasteiger partial charge in [-0.1, -0.05) is 168 Å². The van der Waals surface area contributed by atoms with E-state index in [1.807, 2.05) is 6.92 Å². The first-order chi connectivity index (χ1) is 22.0. The van der Waals surface area contributed by atoms with Crippen LogP contribution in [0.1, 0.15) is 212 Å². The number of nitrogens with one attached hydrogen (secondary N) is 1. The maximum atomic E-state index is 12.6. The average Bonchev–Trinajstić information content (AvgIpc) is 3.45. The van der Waals surface area contributed by atoms with Crippen LogP contribution in [0.4, 0.5) is 0 Å². The van der Waals surface area contributed by atoms with Crippen molar-refractivity contribution in [1.82, 2.24) is 9.97 Å². The van der Waals surface area contributed by atoms with E-state index in [0.29, 0.717) is 25.7 Å². The summed E-state index contributed by atoms with van der Waals surface area (Å²) in [6.07, 6.45) is 35.8. The Morgan fingerprint density at radius 2 is 0.911 bits per heavy atom. The highest BCUT2D eigenvalue weighted by atomic mass is 16.7. The molecule has 0 bridgehead atoms. The number of aromatic amines is 1. The van der Waals surface area contributed by atoms with Crippen LogP contribution in [-0.4, -0.2) is 28.2 Å². The number of aromatic nitrogens is 2. The number of imidazole rings is 1. The van der Waals surface area contributed by atoms with Crippen LogP contribution < -0.4 is 0 Å². The van der Waals surface area contributed by atoms with Crippen LogP contribution in [0.15, 0.2) is 6.20 Å². The summed E-state index contributed by atoms with van der Waals surface area (Å²) in [5.74, 6) is 0.315. The van der Waals surface area contributed by atoms with Gasteiger partial charge in [-0.3, -0.25) is 9.59 Å². The van der Waals surface area contributed by atoms with Crippen molar-refractivity contribution in [2.75, 3.05) is 0 Å². The second-order valence-corrected chi connectivity index (χ2v) is 13.4. The van der Waals surface area contributed by atoms with Crippen LogP contribution in [-0.2, 0) is 25.5 Å². The fraction of sp³-hybridized carbons (Fsp3) is 0.872. The Bertz CT molecular complexity index is 765. The maximum Gasteiger partial charge on any atom is 0.308 e. The summed E-state index contributed by atoms with van der Waals surface area (Å²) in [6.45, 7) is 6.44. The number of aryl methyl sites for hydroxylation is 2. The molecule has 0 aliphatic heterocycles. The van der Waals surface area contributed by atoms with E-state index in [1.54, 1.807) is 6.20 Å². The Morgan fingerprint density at radius 3 is 1.22 bits per heavy atom. The molecule has 0 aromatic carbocycles. The lowest BCUT2D eigenvalue weighted by atomic mass is 10.0. The number of carbonyl (C=O) groups is 2. The van der Waals surface area contributed by atoms with Crippen molar-refractivity contribution in [2.24, 2.45) is 0 Å². The van der Waals surface area contributed by atoms with Crippen LogP contribution in [0.2, 0.25) is 0 Å². The van der Waals surface area contributed by atoms with Crippen molar-refractivity contribution in [3.8, 4) is 0 Å². The first kappa shape index (κ1) is 41.2. The summed E-state index contributed by atoms with van der Waals surface area (Å²) in [5.41, 5.74) is 0.956. The number of ether oxygens (including phenoxy) is 2. The quantitative estimate of drug-likeness (QED) is 0.0473. The molecule has 0 amide bonds. The largest absolute Gasteiger partial charge is 0.425 e. The van der Waals surface area contributed by atoms with Gasteiger partial charge in [0.15, 0.2) is 0 Å². The molecule has 0 saturated carbocycles. The zero-order valence-electron chi connectivity index (χ0n) is 29.9. The summed E-state index contributed by atoms with van der Waals surface area (Å²) in [5, 5.41) is 0. The van der Waals surface area contributed by atoms with Crippen molar-refractivity contribution < 1.29 is 19.1 Å². The van der Waals surface area contributed by atoms with E-state index >= 15 is 0 Å². The number of hydrogen-bond donors (Lipinski definition) is 1. The summed E-state index contributed by atoms with van der Waals surface area (Å²) in [7, 11) is 0. The maximum absolute atomic E-state index is 12.6. The van der Waals surface area contributed by atoms with Crippen molar-refractivity contribution in [3.05, 3.63) is 17.7 Å². The van der Waals surface area contributed by atoms with Gasteiger partial charge in [-0.25, -0.2) is 4.98 Å². The van der Waals surface area contributed by atoms with Gasteiger partial charge in [-0.05, 0) is 26.2 Å². The van der Waals surface area contributed by atoms with Gasteiger partial charge in [0.25, 0.3) is 0 Å². The molecule has 0 atom stereocenters. The molecule has 6 nitrogen and oxygen atoms in total. The lowest BCUT2D eigenvalue weighted by Gasteiger charge is -2.18. The van der Waals surface area contributed by atoms with E-state index in [4.69, 9.17) is 9.47 Å². The Hall–Kier alpha value is -1.85. The zero-order valence-corrected chi connectivity index (χ0v) is 29.9. The molecule has 1 rings (SSSR count). The lowest BCUT2D eigenvalue weighted by Crippen LogP contribution is -2.25. The Balaban J connectivity index is 2.17. The minimum atomic E-state index is -0.836. The van der Waals surface area contributed by atoms with Crippen LogP contribution in [0.5, 0.6) is 0 Å². The van der Waals surface area contributed by atoms with E-state index < -0.39 is 6.29 Å². The predicted molar refractivity (Wildman–Crippen MR) is 188 cm³/mol. The number of carbonyl (C=O) groups excluding carboxylic acids is 2. The highest BCUT2D eigenvalue weighted by Crippen LogP contribution is 2.16. The van der Waals surface area contributed by atoms with Gasteiger partial charge in [0.05, 0.1) is 0 Å². The second kappa shape index (κ2) is 30.8. The molecule has 0 fully saturated rings. The molecular weight excluding hydrogens is 560 g/mol. The van der Waals surface area contributed by atoms with Crippen LogP contribution in [0, 0.1) is 6.92 Å². The molecule has 45 heavy (non-hydrogen) atoms. The molecule has 1 N–H and O–H groups in total. The van der Waals surface area contributed by atoms with Gasteiger partial charge in [-0.15, -0.1) is 0 Å². The number of nitrogens with zero attached hydrogens (tertiary/aromatic N) is 1. The monoisotopic (exact) mass is 633 g/mol. The minimum Gasteiger partial charge on any atom is -0.425 e. The third-order valence-corrected chi connectivity index (χ3v) is 8.90. The minimum absolute atomic E-state index is 0.266. The molecule has 1 heterocycles. The van der Waals surface area contributed by atoms with Crippen molar-refractivity contribution in [1.29, 1.82) is 0 Å². The Labute approximate surface area is 278 Å². The first-order valence-corrected chi connectivity index (χ1v) is 19.4. The predicted octanol–water partition coefficient (Wildman–Crippen LogP) is 12.0. The summed E-state index contributed by atoms with van der Waals surface area (Å²) >= 11 is 0. The summed E-state index contributed by atoms with van der Waals surface area (Å²) in [6, 6.07) is 0. The standard InChI is InChI=1S/C39H72N2O4/c1-4-6-8-10-12-14-16-18-20-22-24-26-28-30-37(42)44-39(33-32-36-34-40-35(3)41-36)45-38(43)31-29-27-25-23-21-19-17-15-13-11-9-7-5-2/h34,39H,4-33H2,1-3H3,(H,40,41). The Morgan fingerprint density at radius 1 is 0.578 bits per heavy atom. The van der Waals surface area contributed by atoms with Gasteiger partial charge >= 0.3 is 11.9 Å². The SMILES string of the molecule is CCCCCCCCCCCCCCCC(=O)OC(CCc1cnc(C)[nH]1)OC(=O)CCCCCCCCCCCCCCC. The van der Waals surface area contributed by atoms with E-state index in [0.717, 1.165) is 37.2 Å². The summed E-state index contributed by atoms with van der Waals surface area (Å²) < 4.78 is 11.3. The number of rotatable bonds is 33. The van der Waals surface area contributed by atoms with Crippen LogP contribution >= 0.6 is 0 Å². The van der Waals surface area contributed by atoms with Gasteiger partial charge in [0.1, 0.15) is 5.82 Å². The number of esters is 2. The molecule has 262 valence electrons. The third-order valence-electron chi connectivity index (χ3n) is 8.90. The highest BCUT2D eigenvalue weighted by Gasteiger charge is 2.19. The molecule has 1 aromatic heterocycles. The van der Waals surface area contributed by atoms with Crippen molar-refractivity contribution in [3.63, 3.8) is 0 Å². The van der Waals surface area contributed by atoms with Gasteiger partial charge in [0, 0.05) is 31.2 Å². The molecule has 0 unspecified atom stereocenters. The molecule has 0 spiro atoms. The molecule has 0 saturated heterocycles. The fourth-order valence-electron chi connectivity index (χ4n) is 6.00. The van der Waals surface area contributed by atoms with Crippen molar-refractivity contribution >= 4 is 11.9 Å². The third kappa shape index (κ3) is 27.0. The lowest BCUT2D eigenvalue weighted by molar-refractivity contribution is -0.189.